The van der Waals surface area contributed by atoms with Crippen LogP contribution in [-0.4, -0.2) is 31.3 Å². The van der Waals surface area contributed by atoms with E-state index in [9.17, 15) is 30.4 Å². The van der Waals surface area contributed by atoms with E-state index in [1.165, 1.54) is 48.5 Å². The zero-order valence-corrected chi connectivity index (χ0v) is 18.5. The molecule has 0 aromatic heterocycles. The van der Waals surface area contributed by atoms with E-state index in [4.69, 9.17) is 8.74 Å². The predicted molar refractivity (Wildman–Crippen MR) is 113 cm³/mol. The van der Waals surface area contributed by atoms with Gasteiger partial charge in [0, 0.05) is 27.7 Å². The van der Waals surface area contributed by atoms with Crippen molar-refractivity contribution in [2.24, 2.45) is 0 Å². The summed E-state index contributed by atoms with van der Waals surface area (Å²) < 4.78 is 102. The van der Waals surface area contributed by atoms with Crippen molar-refractivity contribution in [3.05, 3.63) is 90.7 Å². The predicted octanol–water partition coefficient (Wildman–Crippen LogP) is 5.98. The molecule has 33 heavy (non-hydrogen) atoms. The lowest BCUT2D eigenvalue weighted by Crippen LogP contribution is -2.48. The smallest absolute Gasteiger partial charge is 0.396 e. The third kappa shape index (κ3) is 4.63. The highest BCUT2D eigenvalue weighted by atomic mass is 32.3. The Kier molecular flexibility index (Phi) is 7.18. The van der Waals surface area contributed by atoms with Crippen LogP contribution in [0.2, 0.25) is 0 Å². The zero-order valence-electron chi connectivity index (χ0n) is 16.9. The van der Waals surface area contributed by atoms with Crippen LogP contribution in [0.1, 0.15) is 6.42 Å². The Balaban J connectivity index is 2.33. The monoisotopic (exact) mass is 506 g/mol. The summed E-state index contributed by atoms with van der Waals surface area (Å²) in [6.45, 7) is -1.37. The van der Waals surface area contributed by atoms with Gasteiger partial charge in [0.25, 0.3) is 0 Å². The number of alkyl halides is 4. The second kappa shape index (κ2) is 9.41. The molecule has 0 atom stereocenters. The summed E-state index contributed by atoms with van der Waals surface area (Å²) in [6.07, 6.45) is -1.79. The maximum absolute atomic E-state index is 14.7. The largest absolute Gasteiger partial charge is 0.432 e. The molecule has 0 fully saturated rings. The van der Waals surface area contributed by atoms with E-state index < -0.39 is 50.4 Å². The van der Waals surface area contributed by atoms with Crippen molar-refractivity contribution in [3.8, 4) is 0 Å². The van der Waals surface area contributed by atoms with Crippen molar-refractivity contribution >= 4 is 20.4 Å². The lowest BCUT2D eigenvalue weighted by Gasteiger charge is -2.40. The van der Waals surface area contributed by atoms with Gasteiger partial charge in [-0.05, 0) is 58.8 Å². The average molecular weight is 507 g/mol. The molecule has 1 N–H and O–H groups in total. The molecule has 0 bridgehead atoms. The molecule has 178 valence electrons. The van der Waals surface area contributed by atoms with Gasteiger partial charge in [0.2, 0.25) is 0 Å². The minimum Gasteiger partial charge on any atom is -0.396 e. The quantitative estimate of drug-likeness (QED) is 0.363. The Morgan fingerprint density at radius 2 is 1.15 bits per heavy atom. The number of aliphatic hydroxyl groups is 1. The number of aliphatic hydroxyl groups excluding tert-OH is 1. The van der Waals surface area contributed by atoms with Crippen LogP contribution in [0.25, 0.3) is 0 Å². The summed E-state index contributed by atoms with van der Waals surface area (Å²) in [5.74, 6) is -5.79. The molecule has 0 unspecified atom stereocenters. The van der Waals surface area contributed by atoms with Crippen molar-refractivity contribution in [2.45, 2.75) is 32.3 Å². The second-order valence-corrected chi connectivity index (χ2v) is 11.3. The summed E-state index contributed by atoms with van der Waals surface area (Å²) in [6, 6.07) is 19.1. The normalized spacial score (nSPS) is 13.6. The summed E-state index contributed by atoms with van der Waals surface area (Å²) in [5, 5.41) is 3.08. The van der Waals surface area contributed by atoms with Crippen molar-refractivity contribution in [3.63, 3.8) is 0 Å². The van der Waals surface area contributed by atoms with Gasteiger partial charge in [0.05, 0.1) is 0 Å². The molecule has 0 aliphatic carbocycles. The fraction of sp³-hybridized carbons (Fsp3) is 0.182. The number of benzene rings is 3. The van der Waals surface area contributed by atoms with Crippen LogP contribution in [0.3, 0.4) is 0 Å². The lowest BCUT2D eigenvalue weighted by molar-refractivity contribution is -0.167. The van der Waals surface area contributed by atoms with E-state index in [1.807, 2.05) is 0 Å². The van der Waals surface area contributed by atoms with Crippen LogP contribution in [0.4, 0.5) is 22.0 Å². The van der Waals surface area contributed by atoms with Crippen LogP contribution in [0.15, 0.2) is 99.6 Å². The Labute approximate surface area is 189 Å². The molecule has 3 aromatic carbocycles. The summed E-state index contributed by atoms with van der Waals surface area (Å²) in [5.41, 5.74) is 0. The van der Waals surface area contributed by atoms with Gasteiger partial charge < -0.3 is 5.11 Å². The van der Waals surface area contributed by atoms with E-state index in [1.54, 1.807) is 12.1 Å². The molecule has 3 aromatic rings. The van der Waals surface area contributed by atoms with Gasteiger partial charge in [-0.15, -0.1) is 0 Å². The Morgan fingerprint density at radius 1 is 0.727 bits per heavy atom. The Bertz CT molecular complexity index is 1130. The first kappa shape index (κ1) is 25.2. The molecule has 0 heterocycles. The van der Waals surface area contributed by atoms with Gasteiger partial charge in [-0.3, -0.25) is 0 Å². The maximum Gasteiger partial charge on any atom is 0.432 e. The van der Waals surface area contributed by atoms with Crippen molar-refractivity contribution in [2.75, 3.05) is 6.61 Å². The highest BCUT2D eigenvalue weighted by Crippen LogP contribution is 2.70. The first-order valence-electron chi connectivity index (χ1n) is 9.49. The Morgan fingerprint density at radius 3 is 1.58 bits per heavy atom. The highest BCUT2D eigenvalue weighted by Gasteiger charge is 2.67. The van der Waals surface area contributed by atoms with Crippen LogP contribution in [0.5, 0.6) is 0 Å². The van der Waals surface area contributed by atoms with Gasteiger partial charge in [0.1, 0.15) is 5.82 Å². The maximum atomic E-state index is 14.7. The summed E-state index contributed by atoms with van der Waals surface area (Å²) in [4.78, 5) is 0.200. The molecule has 4 nitrogen and oxygen atoms in total. The topological polar surface area (TPSA) is 63.6 Å². The average Bonchev–Trinajstić information content (AvgIpc) is 2.79. The molecule has 0 radical (unpaired) electrons. The van der Waals surface area contributed by atoms with Gasteiger partial charge in [-0.25, -0.2) is 8.02 Å². The highest BCUT2D eigenvalue weighted by molar-refractivity contribution is 8.33. The van der Waals surface area contributed by atoms with E-state index in [-0.39, 0.29) is 14.7 Å². The van der Waals surface area contributed by atoms with Crippen molar-refractivity contribution in [1.82, 2.24) is 0 Å². The van der Waals surface area contributed by atoms with E-state index in [0.717, 1.165) is 24.3 Å². The zero-order chi connectivity index (χ0) is 24.3. The van der Waals surface area contributed by atoms with E-state index in [0.29, 0.717) is 0 Å². The molecule has 3 rings (SSSR count). The molecule has 11 heteroatoms. The first-order valence-corrected chi connectivity index (χ1v) is 12.5. The van der Waals surface area contributed by atoms with Gasteiger partial charge >= 0.3 is 21.3 Å². The fourth-order valence-corrected chi connectivity index (χ4v) is 8.27. The molecule has 0 aliphatic heterocycles. The molecule has 0 saturated heterocycles. The minimum atomic E-state index is -6.30. The lowest BCUT2D eigenvalue weighted by atomic mass is 10.2. The Hall–Kier alpha value is -2.47. The molecule has 0 spiro atoms. The van der Waals surface area contributed by atoms with E-state index in [2.05, 4.69) is 0 Å². The van der Waals surface area contributed by atoms with Crippen LogP contribution >= 0.6 is 10.3 Å². The molecule has 0 aliphatic rings. The molecule has 0 amide bonds. The first-order chi connectivity index (χ1) is 15.5. The van der Waals surface area contributed by atoms with Crippen LogP contribution < -0.4 is 0 Å². The van der Waals surface area contributed by atoms with Gasteiger partial charge in [0.15, 0.2) is 0 Å². The number of rotatable bonds is 9. The van der Waals surface area contributed by atoms with Crippen LogP contribution in [-0.2, 0) is 13.7 Å². The number of halogens is 5. The molecule has 0 saturated carbocycles. The standard InChI is InChI=1S/C22H19F5O4S2/c23-17-11-13-20(14-12-17)32(18-7-3-1-4-8-18,19-9-5-2-6-10-19)31-33(29,30)22(26,27)21(24,25)15-16-28/h1-14,28H,15-16H2. The SMILES string of the molecule is O=S(=O)(OS(c1ccccc1)(c1ccccc1)c1ccc(F)cc1)C(F)(F)C(F)(F)CCO. The van der Waals surface area contributed by atoms with Gasteiger partial charge in [-0.2, -0.15) is 26.0 Å². The summed E-state index contributed by atoms with van der Waals surface area (Å²) in [7, 11) is -9.90. The number of hydrogen-bond acceptors (Lipinski definition) is 4. The van der Waals surface area contributed by atoms with Crippen LogP contribution in [0, 0.1) is 5.82 Å². The third-order valence-corrected chi connectivity index (χ3v) is 9.92. The van der Waals surface area contributed by atoms with Crippen molar-refractivity contribution < 1.29 is 39.1 Å². The summed E-state index contributed by atoms with van der Waals surface area (Å²) >= 11 is 0. The van der Waals surface area contributed by atoms with Gasteiger partial charge in [-0.1, -0.05) is 36.4 Å². The minimum absolute atomic E-state index is 0.00819. The number of hydrogen-bond donors (Lipinski definition) is 1. The van der Waals surface area contributed by atoms with E-state index >= 15 is 0 Å². The molecular weight excluding hydrogens is 487 g/mol. The fourth-order valence-electron chi connectivity index (χ4n) is 3.02. The third-order valence-electron chi connectivity index (χ3n) is 4.65. The van der Waals surface area contributed by atoms with Crippen molar-refractivity contribution in [1.29, 1.82) is 0 Å². The second-order valence-electron chi connectivity index (χ2n) is 6.85. The molecular formula is C22H19F5O4S2.